The third kappa shape index (κ3) is 4.29. The van der Waals surface area contributed by atoms with Crippen molar-refractivity contribution in [1.82, 2.24) is 10.3 Å². The van der Waals surface area contributed by atoms with Crippen LogP contribution in [0, 0.1) is 10.5 Å². The van der Waals surface area contributed by atoms with Crippen LogP contribution in [-0.2, 0) is 0 Å². The molecule has 0 radical (unpaired) electrons. The van der Waals surface area contributed by atoms with Crippen molar-refractivity contribution in [3.8, 4) is 17.2 Å². The normalized spacial score (nSPS) is 10.7. The first-order valence-corrected chi connectivity index (χ1v) is 10.5. The molecule has 4 rings (SSSR count). The van der Waals surface area contributed by atoms with Gasteiger partial charge in [-0.1, -0.05) is 18.2 Å². The van der Waals surface area contributed by atoms with Gasteiger partial charge in [0.2, 0.25) is 5.89 Å². The second kappa shape index (κ2) is 8.41. The lowest BCUT2D eigenvalue weighted by atomic mass is 10.2. The second-order valence-corrected chi connectivity index (χ2v) is 8.18. The Morgan fingerprint density at radius 3 is 2.70 bits per heavy atom. The Hall–Kier alpha value is -2.98. The lowest BCUT2D eigenvalue weighted by Crippen LogP contribution is -2.34. The summed E-state index contributed by atoms with van der Waals surface area (Å²) in [4.78, 5) is 16.8. The highest BCUT2D eigenvalue weighted by Crippen LogP contribution is 2.33. The minimum atomic E-state index is -0.305. The first-order chi connectivity index (χ1) is 14.4. The van der Waals surface area contributed by atoms with Gasteiger partial charge in [-0.25, -0.2) is 4.98 Å². The number of benzene rings is 3. The van der Waals surface area contributed by atoms with E-state index >= 15 is 0 Å². The molecule has 0 fully saturated rings. The van der Waals surface area contributed by atoms with Crippen molar-refractivity contribution in [2.45, 2.75) is 6.92 Å². The molecule has 0 atom stereocenters. The predicted molar refractivity (Wildman–Crippen MR) is 129 cm³/mol. The maximum absolute atomic E-state index is 12.4. The molecule has 0 aliphatic rings. The summed E-state index contributed by atoms with van der Waals surface area (Å²) in [5.74, 6) is 0.00399. The van der Waals surface area contributed by atoms with E-state index in [1.165, 1.54) is 6.07 Å². The molecule has 30 heavy (non-hydrogen) atoms. The molecule has 0 saturated carbocycles. The summed E-state index contributed by atoms with van der Waals surface area (Å²) in [5.41, 5.74) is 3.96. The smallest absolute Gasteiger partial charge is 0.258 e. The quantitative estimate of drug-likeness (QED) is 0.249. The SMILES string of the molecule is Cc1ccc2nc(-c3ccc(NC(=S)NC(=O)c4ccccc4I)cc3O)oc2c1. The molecule has 4 aromatic rings. The Labute approximate surface area is 191 Å². The number of aromatic nitrogens is 1. The second-order valence-electron chi connectivity index (χ2n) is 6.61. The number of hydrogen-bond acceptors (Lipinski definition) is 5. The summed E-state index contributed by atoms with van der Waals surface area (Å²) in [6.07, 6.45) is 0. The fourth-order valence-electron chi connectivity index (χ4n) is 2.92. The number of amides is 1. The number of nitrogens with zero attached hydrogens (tertiary/aromatic N) is 1. The van der Waals surface area contributed by atoms with E-state index in [0.29, 0.717) is 28.3 Å². The van der Waals surface area contributed by atoms with E-state index in [1.54, 1.807) is 24.3 Å². The third-order valence-electron chi connectivity index (χ3n) is 4.38. The maximum Gasteiger partial charge on any atom is 0.258 e. The number of fused-ring (bicyclic) bond motifs is 1. The molecule has 3 aromatic carbocycles. The summed E-state index contributed by atoms with van der Waals surface area (Å²) in [6, 6.07) is 17.8. The average molecular weight is 529 g/mol. The summed E-state index contributed by atoms with van der Waals surface area (Å²) in [5, 5.41) is 16.1. The highest BCUT2D eigenvalue weighted by atomic mass is 127. The molecular formula is C22H16IN3O3S. The summed E-state index contributed by atoms with van der Waals surface area (Å²) in [7, 11) is 0. The number of halogens is 1. The number of nitrogens with one attached hydrogen (secondary N) is 2. The van der Waals surface area contributed by atoms with Crippen LogP contribution in [0.1, 0.15) is 15.9 Å². The zero-order chi connectivity index (χ0) is 21.3. The number of phenols is 1. The molecule has 0 aliphatic heterocycles. The molecule has 8 heteroatoms. The fourth-order valence-corrected chi connectivity index (χ4v) is 3.76. The van der Waals surface area contributed by atoms with Crippen LogP contribution >= 0.6 is 34.8 Å². The molecule has 1 amide bonds. The van der Waals surface area contributed by atoms with Crippen LogP contribution in [0.25, 0.3) is 22.6 Å². The van der Waals surface area contributed by atoms with Gasteiger partial charge >= 0.3 is 0 Å². The number of aromatic hydroxyl groups is 1. The number of carbonyl (C=O) groups excluding carboxylic acids is 1. The summed E-state index contributed by atoms with van der Waals surface area (Å²) in [6.45, 7) is 1.97. The van der Waals surface area contributed by atoms with E-state index in [1.807, 2.05) is 37.3 Å². The molecule has 0 bridgehead atoms. The van der Waals surface area contributed by atoms with Crippen molar-refractivity contribution in [2.75, 3.05) is 5.32 Å². The number of phenolic OH excluding ortho intramolecular Hbond substituents is 1. The monoisotopic (exact) mass is 529 g/mol. The van der Waals surface area contributed by atoms with Crippen molar-refractivity contribution in [2.24, 2.45) is 0 Å². The van der Waals surface area contributed by atoms with Gasteiger partial charge in [-0.2, -0.15) is 0 Å². The average Bonchev–Trinajstić information content (AvgIpc) is 3.11. The van der Waals surface area contributed by atoms with Crippen LogP contribution < -0.4 is 10.6 Å². The topological polar surface area (TPSA) is 87.4 Å². The lowest BCUT2D eigenvalue weighted by Gasteiger charge is -2.11. The fraction of sp³-hybridized carbons (Fsp3) is 0.0455. The first-order valence-electron chi connectivity index (χ1n) is 8.98. The van der Waals surface area contributed by atoms with Gasteiger partial charge in [-0.15, -0.1) is 0 Å². The van der Waals surface area contributed by atoms with E-state index in [0.717, 1.165) is 14.7 Å². The molecule has 0 saturated heterocycles. The number of thiocarbonyl (C=S) groups is 1. The van der Waals surface area contributed by atoms with E-state index in [9.17, 15) is 9.90 Å². The Kier molecular flexibility index (Phi) is 5.69. The van der Waals surface area contributed by atoms with E-state index in [-0.39, 0.29) is 16.8 Å². The molecule has 1 aromatic heterocycles. The Morgan fingerprint density at radius 2 is 1.93 bits per heavy atom. The van der Waals surface area contributed by atoms with Gasteiger partial charge in [-0.05, 0) is 83.7 Å². The van der Waals surface area contributed by atoms with Crippen molar-refractivity contribution in [3.63, 3.8) is 0 Å². The van der Waals surface area contributed by atoms with Gasteiger partial charge in [0.1, 0.15) is 11.3 Å². The zero-order valence-corrected chi connectivity index (χ0v) is 18.7. The predicted octanol–water partition coefficient (Wildman–Crippen LogP) is 5.24. The number of carbonyl (C=O) groups is 1. The van der Waals surface area contributed by atoms with Crippen LogP contribution in [-0.4, -0.2) is 21.1 Å². The molecule has 6 nitrogen and oxygen atoms in total. The summed E-state index contributed by atoms with van der Waals surface area (Å²) < 4.78 is 6.60. The maximum atomic E-state index is 12.4. The molecule has 150 valence electrons. The molecule has 0 aliphatic carbocycles. The molecule has 0 unspecified atom stereocenters. The summed E-state index contributed by atoms with van der Waals surface area (Å²) >= 11 is 7.32. The van der Waals surface area contributed by atoms with Crippen LogP contribution in [0.5, 0.6) is 5.75 Å². The van der Waals surface area contributed by atoms with Crippen LogP contribution in [0.3, 0.4) is 0 Å². The van der Waals surface area contributed by atoms with Gasteiger partial charge < -0.3 is 14.8 Å². The Morgan fingerprint density at radius 1 is 1.13 bits per heavy atom. The third-order valence-corrected chi connectivity index (χ3v) is 5.52. The van der Waals surface area contributed by atoms with Gasteiger partial charge in [0, 0.05) is 15.3 Å². The van der Waals surface area contributed by atoms with Gasteiger partial charge in [0.05, 0.1) is 11.1 Å². The van der Waals surface area contributed by atoms with Crippen LogP contribution in [0.15, 0.2) is 65.1 Å². The van der Waals surface area contributed by atoms with Crippen molar-refractivity contribution < 1.29 is 14.3 Å². The first kappa shape index (κ1) is 20.3. The molecular weight excluding hydrogens is 513 g/mol. The number of oxazole rings is 1. The van der Waals surface area contributed by atoms with Crippen LogP contribution in [0.4, 0.5) is 5.69 Å². The van der Waals surface area contributed by atoms with Crippen molar-refractivity contribution in [1.29, 1.82) is 0 Å². The van der Waals surface area contributed by atoms with E-state index in [2.05, 4.69) is 38.2 Å². The number of rotatable bonds is 3. The Balaban J connectivity index is 1.49. The van der Waals surface area contributed by atoms with Gasteiger partial charge in [0.25, 0.3) is 5.91 Å². The molecule has 1 heterocycles. The highest BCUT2D eigenvalue weighted by Gasteiger charge is 2.14. The number of hydrogen-bond donors (Lipinski definition) is 3. The number of aryl methyl sites for hydroxylation is 1. The minimum Gasteiger partial charge on any atom is -0.507 e. The Bertz CT molecular complexity index is 1290. The van der Waals surface area contributed by atoms with Crippen molar-refractivity contribution >= 4 is 62.6 Å². The lowest BCUT2D eigenvalue weighted by molar-refractivity contribution is 0.0977. The van der Waals surface area contributed by atoms with Gasteiger partial charge in [-0.3, -0.25) is 10.1 Å². The van der Waals surface area contributed by atoms with Crippen LogP contribution in [0.2, 0.25) is 0 Å². The molecule has 0 spiro atoms. The largest absolute Gasteiger partial charge is 0.507 e. The molecule has 3 N–H and O–H groups in total. The van der Waals surface area contributed by atoms with Gasteiger partial charge in [0.15, 0.2) is 10.7 Å². The standard InChI is InChI=1S/C22H16IN3O3S/c1-12-6-9-17-19(10-12)29-21(25-17)15-8-7-13(11-18(15)27)24-22(30)26-20(28)14-4-2-3-5-16(14)23/h2-11,27H,1H3,(H2,24,26,28,30). The van der Waals surface area contributed by atoms with Crippen molar-refractivity contribution in [3.05, 3.63) is 75.4 Å². The van der Waals surface area contributed by atoms with E-state index in [4.69, 9.17) is 16.6 Å². The number of anilines is 1. The highest BCUT2D eigenvalue weighted by molar-refractivity contribution is 14.1. The zero-order valence-electron chi connectivity index (χ0n) is 15.8. The minimum absolute atomic E-state index is 0.0185. The van der Waals surface area contributed by atoms with E-state index < -0.39 is 0 Å².